The third-order valence-electron chi connectivity index (χ3n) is 3.11. The molecule has 21 heavy (non-hydrogen) atoms. The van der Waals surface area contributed by atoms with Crippen molar-refractivity contribution < 1.29 is 18.0 Å². The first kappa shape index (κ1) is 15.9. The fourth-order valence-electron chi connectivity index (χ4n) is 1.93. The number of nitriles is 1. The molecule has 1 aliphatic rings. The molecular weight excluding hydrogens is 336 g/mol. The van der Waals surface area contributed by atoms with Crippen LogP contribution in [0.2, 0.25) is 4.34 Å². The Morgan fingerprint density at radius 2 is 1.95 bits per heavy atom. The monoisotopic (exact) mass is 346 g/mol. The van der Waals surface area contributed by atoms with Gasteiger partial charge in [-0.15, -0.1) is 11.3 Å². The van der Waals surface area contributed by atoms with Crippen LogP contribution in [0, 0.1) is 17.2 Å². The predicted molar refractivity (Wildman–Crippen MR) is 78.0 cm³/mol. The molecule has 1 amide bonds. The summed E-state index contributed by atoms with van der Waals surface area (Å²) in [6.07, 6.45) is 0. The van der Waals surface area contributed by atoms with Crippen LogP contribution in [0.25, 0.3) is 0 Å². The molecule has 1 saturated heterocycles. The lowest BCUT2D eigenvalue weighted by molar-refractivity contribution is -0.132. The largest absolute Gasteiger partial charge is 0.339 e. The van der Waals surface area contributed by atoms with Crippen LogP contribution in [-0.4, -0.2) is 49.6 Å². The van der Waals surface area contributed by atoms with Gasteiger partial charge in [0.2, 0.25) is 5.91 Å². The molecule has 1 atom stereocenters. The van der Waals surface area contributed by atoms with Crippen molar-refractivity contribution in [1.82, 2.24) is 4.90 Å². The van der Waals surface area contributed by atoms with E-state index in [1.807, 2.05) is 0 Å². The molecule has 0 N–H and O–H groups in total. The molecule has 9 heteroatoms. The van der Waals surface area contributed by atoms with Crippen molar-refractivity contribution in [3.8, 4) is 6.07 Å². The zero-order valence-corrected chi connectivity index (χ0v) is 13.2. The van der Waals surface area contributed by atoms with Crippen LogP contribution in [0.1, 0.15) is 9.67 Å². The molecule has 1 aliphatic heterocycles. The van der Waals surface area contributed by atoms with Crippen LogP contribution >= 0.6 is 22.9 Å². The second-order valence-corrected chi connectivity index (χ2v) is 8.53. The zero-order chi connectivity index (χ0) is 15.6. The van der Waals surface area contributed by atoms with E-state index in [-0.39, 0.29) is 29.5 Å². The Bertz CT molecular complexity index is 706. The van der Waals surface area contributed by atoms with E-state index in [1.54, 1.807) is 6.07 Å². The molecular formula is C12H11ClN2O4S2. The van der Waals surface area contributed by atoms with Gasteiger partial charge in [0.05, 0.1) is 26.8 Å². The Balaban J connectivity index is 2.13. The number of halogens is 1. The summed E-state index contributed by atoms with van der Waals surface area (Å²) in [4.78, 5) is 25.9. The lowest BCUT2D eigenvalue weighted by Gasteiger charge is -2.27. The normalized spacial score (nSPS) is 18.8. The van der Waals surface area contributed by atoms with Crippen LogP contribution < -0.4 is 0 Å². The average Bonchev–Trinajstić information content (AvgIpc) is 2.86. The highest BCUT2D eigenvalue weighted by molar-refractivity contribution is 7.91. The topological polar surface area (TPSA) is 95.3 Å². The molecule has 1 fully saturated rings. The molecule has 0 radical (unpaired) electrons. The van der Waals surface area contributed by atoms with E-state index >= 15 is 0 Å². The summed E-state index contributed by atoms with van der Waals surface area (Å²) in [6.45, 7) is 0.0235. The first-order chi connectivity index (χ1) is 9.84. The number of hydrogen-bond donors (Lipinski definition) is 0. The van der Waals surface area contributed by atoms with E-state index < -0.39 is 27.4 Å². The Morgan fingerprint density at radius 1 is 1.33 bits per heavy atom. The number of amides is 1. The second kappa shape index (κ2) is 6.13. The summed E-state index contributed by atoms with van der Waals surface area (Å²) in [5.74, 6) is -3.00. The summed E-state index contributed by atoms with van der Waals surface area (Å²) in [6, 6.07) is 4.69. The molecule has 0 bridgehead atoms. The van der Waals surface area contributed by atoms with Gasteiger partial charge in [0.15, 0.2) is 21.5 Å². The maximum atomic E-state index is 12.2. The quantitative estimate of drug-likeness (QED) is 0.600. The number of ketones is 1. The van der Waals surface area contributed by atoms with E-state index in [2.05, 4.69) is 0 Å². The number of carbonyl (C=O) groups is 2. The summed E-state index contributed by atoms with van der Waals surface area (Å²) in [7, 11) is -3.13. The summed E-state index contributed by atoms with van der Waals surface area (Å²) < 4.78 is 23.1. The van der Waals surface area contributed by atoms with Crippen molar-refractivity contribution in [2.45, 2.75) is 0 Å². The van der Waals surface area contributed by atoms with Crippen molar-refractivity contribution in [1.29, 1.82) is 5.26 Å². The van der Waals surface area contributed by atoms with Gasteiger partial charge in [0.1, 0.15) is 0 Å². The van der Waals surface area contributed by atoms with E-state index in [0.29, 0.717) is 4.34 Å². The third-order valence-corrected chi connectivity index (χ3v) is 5.97. The average molecular weight is 347 g/mol. The summed E-state index contributed by atoms with van der Waals surface area (Å²) in [5, 5.41) is 9.10. The second-order valence-electron chi connectivity index (χ2n) is 4.51. The first-order valence-electron chi connectivity index (χ1n) is 6.02. The van der Waals surface area contributed by atoms with Crippen LogP contribution in [0.15, 0.2) is 12.1 Å². The molecule has 0 spiro atoms. The van der Waals surface area contributed by atoms with Gasteiger partial charge in [0, 0.05) is 13.1 Å². The van der Waals surface area contributed by atoms with Gasteiger partial charge >= 0.3 is 0 Å². The molecule has 1 aromatic rings. The van der Waals surface area contributed by atoms with E-state index in [9.17, 15) is 18.0 Å². The van der Waals surface area contributed by atoms with Crippen molar-refractivity contribution in [2.75, 3.05) is 24.6 Å². The number of rotatable bonds is 3. The van der Waals surface area contributed by atoms with Gasteiger partial charge in [-0.3, -0.25) is 9.59 Å². The van der Waals surface area contributed by atoms with Gasteiger partial charge in [-0.2, -0.15) is 5.26 Å². The van der Waals surface area contributed by atoms with E-state index in [4.69, 9.17) is 16.9 Å². The van der Waals surface area contributed by atoms with Crippen molar-refractivity contribution in [2.24, 2.45) is 5.92 Å². The summed E-state index contributed by atoms with van der Waals surface area (Å²) >= 11 is 6.73. The minimum absolute atomic E-state index is 0.0117. The maximum Gasteiger partial charge on any atom is 0.248 e. The molecule has 0 saturated carbocycles. The fraction of sp³-hybridized carbons (Fsp3) is 0.417. The minimum atomic E-state index is -3.13. The lowest BCUT2D eigenvalue weighted by atomic mass is 10.0. The highest BCUT2D eigenvalue weighted by Gasteiger charge is 2.34. The predicted octanol–water partition coefficient (Wildman–Crippen LogP) is 0.981. The van der Waals surface area contributed by atoms with Crippen LogP contribution in [-0.2, 0) is 14.6 Å². The highest BCUT2D eigenvalue weighted by Crippen LogP contribution is 2.24. The Morgan fingerprint density at radius 3 is 2.43 bits per heavy atom. The van der Waals surface area contributed by atoms with Gasteiger partial charge < -0.3 is 4.90 Å². The molecule has 0 aliphatic carbocycles. The number of sulfone groups is 1. The molecule has 1 aromatic heterocycles. The summed E-state index contributed by atoms with van der Waals surface area (Å²) in [5.41, 5.74) is 0. The first-order valence-corrected chi connectivity index (χ1v) is 9.04. The number of carbonyl (C=O) groups excluding carboxylic acids is 2. The van der Waals surface area contributed by atoms with Crippen molar-refractivity contribution in [3.63, 3.8) is 0 Å². The van der Waals surface area contributed by atoms with Crippen LogP contribution in [0.5, 0.6) is 0 Å². The van der Waals surface area contributed by atoms with E-state index in [0.717, 1.165) is 11.3 Å². The van der Waals surface area contributed by atoms with Gasteiger partial charge in [-0.25, -0.2) is 8.42 Å². The van der Waals surface area contributed by atoms with Crippen molar-refractivity contribution >= 4 is 44.5 Å². The molecule has 112 valence electrons. The third kappa shape index (κ3) is 3.61. The molecule has 2 heterocycles. The number of Topliss-reactive ketones (excluding diaryl/α,β-unsaturated/α-hetero) is 1. The Labute approximate surface area is 130 Å². The minimum Gasteiger partial charge on any atom is -0.339 e. The lowest BCUT2D eigenvalue weighted by Crippen LogP contribution is -2.47. The van der Waals surface area contributed by atoms with Gasteiger partial charge in [0.25, 0.3) is 0 Å². The Kier molecular flexibility index (Phi) is 4.66. The van der Waals surface area contributed by atoms with Crippen LogP contribution in [0.3, 0.4) is 0 Å². The van der Waals surface area contributed by atoms with Gasteiger partial charge in [-0.1, -0.05) is 11.6 Å². The molecule has 2 rings (SSSR count). The molecule has 6 nitrogen and oxygen atoms in total. The number of nitrogens with zero attached hydrogens (tertiary/aromatic N) is 2. The number of thiophene rings is 1. The van der Waals surface area contributed by atoms with Gasteiger partial charge in [-0.05, 0) is 12.1 Å². The SMILES string of the molecule is N#C[C@@H](C(=O)c1ccc(Cl)s1)C(=O)N1CCS(=O)(=O)CC1. The highest BCUT2D eigenvalue weighted by atomic mass is 35.5. The fourth-order valence-corrected chi connectivity index (χ4v) is 4.14. The maximum absolute atomic E-state index is 12.2. The molecule has 0 aromatic carbocycles. The Hall–Kier alpha value is -1.43. The molecule has 0 unspecified atom stereocenters. The smallest absolute Gasteiger partial charge is 0.248 e. The zero-order valence-electron chi connectivity index (χ0n) is 10.8. The standard InChI is InChI=1S/C12H11ClN2O4S2/c13-10-2-1-9(20-10)11(16)8(7-14)12(17)15-3-5-21(18,19)6-4-15/h1-2,8H,3-6H2/t8-/m0/s1. The number of hydrogen-bond acceptors (Lipinski definition) is 6. The van der Waals surface area contributed by atoms with E-state index in [1.165, 1.54) is 17.0 Å². The van der Waals surface area contributed by atoms with Crippen molar-refractivity contribution in [3.05, 3.63) is 21.3 Å². The van der Waals surface area contributed by atoms with Crippen LogP contribution in [0.4, 0.5) is 0 Å².